The Balaban J connectivity index is 2.68. The normalized spacial score (nSPS) is 13.3. The molecule has 0 aromatic heterocycles. The van der Waals surface area contributed by atoms with Crippen LogP contribution in [0.25, 0.3) is 0 Å². The van der Waals surface area contributed by atoms with E-state index in [2.05, 4.69) is 0 Å². The van der Waals surface area contributed by atoms with Crippen molar-refractivity contribution in [1.29, 1.82) is 0 Å². The van der Waals surface area contributed by atoms with Crippen molar-refractivity contribution in [3.05, 3.63) is 29.3 Å². The monoisotopic (exact) mass is 358 g/mol. The highest BCUT2D eigenvalue weighted by Crippen LogP contribution is 2.26. The van der Waals surface area contributed by atoms with Crippen molar-refractivity contribution >= 4 is 41.3 Å². The molecule has 8 heteroatoms. The van der Waals surface area contributed by atoms with Crippen molar-refractivity contribution in [3.8, 4) is 0 Å². The first-order valence-corrected chi connectivity index (χ1v) is 8.19. The van der Waals surface area contributed by atoms with Crippen molar-refractivity contribution in [2.45, 2.75) is 37.0 Å². The molecule has 0 spiro atoms. The number of nitrogens with two attached hydrogens (primary N) is 1. The number of imide groups is 1. The Bertz CT molecular complexity index is 577. The number of carbonyl (C=O) groups excluding carboxylic acids is 3. The number of hydrogen-bond acceptors (Lipinski definition) is 5. The van der Waals surface area contributed by atoms with Crippen molar-refractivity contribution in [2.24, 2.45) is 11.7 Å². The van der Waals surface area contributed by atoms with E-state index < -0.39 is 29.3 Å². The number of esters is 1. The van der Waals surface area contributed by atoms with Gasteiger partial charge in [-0.15, -0.1) is 11.8 Å². The lowest BCUT2D eigenvalue weighted by Gasteiger charge is -2.21. The number of nitrogens with one attached hydrogen (secondary N) is 1. The van der Waals surface area contributed by atoms with E-state index in [1.54, 1.807) is 45.0 Å². The molecule has 1 rings (SSSR count). The average molecular weight is 359 g/mol. The minimum Gasteiger partial charge on any atom is -0.451 e. The number of urea groups is 1. The number of hydrogen-bond donors (Lipinski definition) is 2. The molecule has 0 heterocycles. The quantitative estimate of drug-likeness (QED) is 0.601. The number of benzene rings is 1. The number of ether oxygens (including phenoxy) is 1. The molecule has 0 bridgehead atoms. The topological polar surface area (TPSA) is 98.5 Å². The summed E-state index contributed by atoms with van der Waals surface area (Å²) in [6.45, 7) is 5.08. The number of amides is 3. The van der Waals surface area contributed by atoms with Crippen molar-refractivity contribution in [3.63, 3.8) is 0 Å². The van der Waals surface area contributed by atoms with Crippen LogP contribution < -0.4 is 11.1 Å². The molecule has 0 saturated heterocycles. The zero-order valence-electron chi connectivity index (χ0n) is 13.0. The summed E-state index contributed by atoms with van der Waals surface area (Å²) in [6, 6.07) is 6.03. The predicted octanol–water partition coefficient (Wildman–Crippen LogP) is 2.58. The van der Waals surface area contributed by atoms with Gasteiger partial charge in [0.25, 0.3) is 5.91 Å². The number of thioether (sulfide) groups is 1. The maximum absolute atomic E-state index is 12.2. The molecule has 0 aliphatic heterocycles. The van der Waals surface area contributed by atoms with Crippen LogP contribution in [0.4, 0.5) is 4.79 Å². The number of halogens is 1. The van der Waals surface area contributed by atoms with Gasteiger partial charge < -0.3 is 10.5 Å². The Kier molecular flexibility index (Phi) is 7.38. The summed E-state index contributed by atoms with van der Waals surface area (Å²) < 4.78 is 5.23. The summed E-state index contributed by atoms with van der Waals surface area (Å²) in [7, 11) is 0. The Morgan fingerprint density at radius 1 is 1.17 bits per heavy atom. The molecule has 0 radical (unpaired) electrons. The molecule has 3 N–H and O–H groups in total. The molecule has 2 atom stereocenters. The molecule has 0 aliphatic rings. The fourth-order valence-electron chi connectivity index (χ4n) is 1.67. The van der Waals surface area contributed by atoms with Gasteiger partial charge in [0.1, 0.15) is 5.25 Å². The molecule has 1 aromatic carbocycles. The fourth-order valence-corrected chi connectivity index (χ4v) is 2.65. The van der Waals surface area contributed by atoms with E-state index >= 15 is 0 Å². The highest BCUT2D eigenvalue weighted by Gasteiger charge is 2.29. The maximum atomic E-state index is 12.2. The molecule has 1 aromatic rings. The molecule has 0 unspecified atom stereocenters. The van der Waals surface area contributed by atoms with Gasteiger partial charge in [-0.25, -0.2) is 4.79 Å². The van der Waals surface area contributed by atoms with E-state index in [4.69, 9.17) is 22.1 Å². The Labute approximate surface area is 144 Å². The van der Waals surface area contributed by atoms with E-state index in [9.17, 15) is 14.4 Å². The van der Waals surface area contributed by atoms with Crippen LogP contribution in [0.15, 0.2) is 29.2 Å². The summed E-state index contributed by atoms with van der Waals surface area (Å²) in [4.78, 5) is 35.6. The van der Waals surface area contributed by atoms with E-state index in [0.717, 1.165) is 4.90 Å². The minimum atomic E-state index is -1.08. The van der Waals surface area contributed by atoms with Gasteiger partial charge in [-0.1, -0.05) is 25.4 Å². The van der Waals surface area contributed by atoms with Gasteiger partial charge in [-0.05, 0) is 37.1 Å². The van der Waals surface area contributed by atoms with Crippen LogP contribution >= 0.6 is 23.4 Å². The summed E-state index contributed by atoms with van der Waals surface area (Å²) in [6.07, 6.45) is -1.08. The third-order valence-electron chi connectivity index (χ3n) is 2.81. The van der Waals surface area contributed by atoms with Crippen molar-refractivity contribution in [1.82, 2.24) is 5.32 Å². The lowest BCUT2D eigenvalue weighted by molar-refractivity contribution is -0.157. The van der Waals surface area contributed by atoms with Gasteiger partial charge in [-0.3, -0.25) is 14.9 Å². The molecule has 0 fully saturated rings. The van der Waals surface area contributed by atoms with Gasteiger partial charge in [0.15, 0.2) is 6.10 Å². The number of carbonyl (C=O) groups is 3. The summed E-state index contributed by atoms with van der Waals surface area (Å²) in [5.41, 5.74) is 4.91. The third-order valence-corrected chi connectivity index (χ3v) is 4.15. The van der Waals surface area contributed by atoms with E-state index in [-0.39, 0.29) is 5.92 Å². The second kappa shape index (κ2) is 8.79. The van der Waals surface area contributed by atoms with Crippen LogP contribution in [0.1, 0.15) is 20.8 Å². The lowest BCUT2D eigenvalue weighted by Crippen LogP contribution is -2.46. The van der Waals surface area contributed by atoms with Crippen LogP contribution in [0, 0.1) is 5.92 Å². The summed E-state index contributed by atoms with van der Waals surface area (Å²) in [5, 5.41) is 2.00. The molecule has 3 amide bonds. The maximum Gasteiger partial charge on any atom is 0.319 e. The van der Waals surface area contributed by atoms with E-state index in [1.807, 2.05) is 5.32 Å². The standard InChI is InChI=1S/C15H19ClN2O4S/c1-8(2)12(13(19)18-15(17)21)22-14(20)9(3)23-11-6-4-10(16)5-7-11/h4-9,12H,1-3H3,(H3,17,18,19,21)/t9-,12-/m0/s1. The highest BCUT2D eigenvalue weighted by molar-refractivity contribution is 8.00. The summed E-state index contributed by atoms with van der Waals surface area (Å²) >= 11 is 7.09. The van der Waals surface area contributed by atoms with Gasteiger partial charge >= 0.3 is 12.0 Å². The van der Waals surface area contributed by atoms with Gasteiger partial charge in [-0.2, -0.15) is 0 Å². The van der Waals surface area contributed by atoms with E-state index in [1.165, 1.54) is 11.8 Å². The van der Waals surface area contributed by atoms with Gasteiger partial charge in [0.2, 0.25) is 0 Å². The zero-order valence-corrected chi connectivity index (χ0v) is 14.6. The van der Waals surface area contributed by atoms with E-state index in [0.29, 0.717) is 5.02 Å². The average Bonchev–Trinajstić information content (AvgIpc) is 2.45. The number of primary amides is 1. The molecular formula is C15H19ClN2O4S. The molecule has 0 saturated carbocycles. The smallest absolute Gasteiger partial charge is 0.319 e. The summed E-state index contributed by atoms with van der Waals surface area (Å²) in [5.74, 6) is -1.58. The zero-order chi connectivity index (χ0) is 17.6. The Morgan fingerprint density at radius 2 is 1.74 bits per heavy atom. The first kappa shape index (κ1) is 19.3. The van der Waals surface area contributed by atoms with Gasteiger partial charge in [0.05, 0.1) is 0 Å². The third kappa shape index (κ3) is 6.50. The lowest BCUT2D eigenvalue weighted by atomic mass is 10.1. The molecule has 0 aliphatic carbocycles. The molecule has 6 nitrogen and oxygen atoms in total. The number of rotatable bonds is 6. The first-order chi connectivity index (χ1) is 10.7. The SMILES string of the molecule is CC(C)[C@H](OC(=O)[C@H](C)Sc1ccc(Cl)cc1)C(=O)NC(N)=O. The highest BCUT2D eigenvalue weighted by atomic mass is 35.5. The Hall–Kier alpha value is -1.73. The molecular weight excluding hydrogens is 340 g/mol. The van der Waals surface area contributed by atoms with Crippen LogP contribution in [-0.2, 0) is 14.3 Å². The Morgan fingerprint density at radius 3 is 2.22 bits per heavy atom. The predicted molar refractivity (Wildman–Crippen MR) is 89.2 cm³/mol. The molecule has 126 valence electrons. The largest absolute Gasteiger partial charge is 0.451 e. The van der Waals surface area contributed by atoms with Gasteiger partial charge in [0, 0.05) is 9.92 Å². The second-order valence-electron chi connectivity index (χ2n) is 5.17. The van der Waals surface area contributed by atoms with Crippen molar-refractivity contribution < 1.29 is 19.1 Å². The molecule has 23 heavy (non-hydrogen) atoms. The second-order valence-corrected chi connectivity index (χ2v) is 7.02. The first-order valence-electron chi connectivity index (χ1n) is 6.93. The van der Waals surface area contributed by atoms with Crippen LogP contribution in [0.2, 0.25) is 5.02 Å². The minimum absolute atomic E-state index is 0.300. The van der Waals surface area contributed by atoms with Crippen LogP contribution in [0.3, 0.4) is 0 Å². The van der Waals surface area contributed by atoms with Crippen molar-refractivity contribution in [2.75, 3.05) is 0 Å². The van der Waals surface area contributed by atoms with Crippen LogP contribution in [-0.4, -0.2) is 29.3 Å². The van der Waals surface area contributed by atoms with Crippen LogP contribution in [0.5, 0.6) is 0 Å². The fraction of sp³-hybridized carbons (Fsp3) is 0.400.